The van der Waals surface area contributed by atoms with Crippen molar-refractivity contribution >= 4 is 40.7 Å². The minimum atomic E-state index is -0.885. The van der Waals surface area contributed by atoms with Crippen LogP contribution in [0.1, 0.15) is 45.2 Å². The van der Waals surface area contributed by atoms with Crippen molar-refractivity contribution in [2.45, 2.75) is 52.3 Å². The highest BCUT2D eigenvalue weighted by Gasteiger charge is 2.18. The summed E-state index contributed by atoms with van der Waals surface area (Å²) in [6.07, 6.45) is 0.849. The number of nitrogens with one attached hydrogen (secondary N) is 2. The van der Waals surface area contributed by atoms with Crippen molar-refractivity contribution in [1.29, 1.82) is 0 Å². The lowest BCUT2D eigenvalue weighted by atomic mass is 10.1. The predicted octanol–water partition coefficient (Wildman–Crippen LogP) is 3.63. The van der Waals surface area contributed by atoms with E-state index in [1.54, 1.807) is 7.11 Å². The van der Waals surface area contributed by atoms with Gasteiger partial charge in [-0.05, 0) is 46.2 Å². The fourth-order valence-electron chi connectivity index (χ4n) is 2.39. The van der Waals surface area contributed by atoms with Gasteiger partial charge in [0.15, 0.2) is 5.96 Å². The molecule has 0 bridgehead atoms. The summed E-state index contributed by atoms with van der Waals surface area (Å²) in [5, 5.41) is 6.51. The van der Waals surface area contributed by atoms with Crippen molar-refractivity contribution in [2.75, 3.05) is 39.2 Å². The number of aryl methyl sites for hydroxylation is 1. The van der Waals surface area contributed by atoms with Gasteiger partial charge in [0.05, 0.1) is 13.2 Å². The molecule has 2 N–H and O–H groups in total. The van der Waals surface area contributed by atoms with Crippen LogP contribution >= 0.6 is 24.0 Å². The van der Waals surface area contributed by atoms with E-state index in [4.69, 9.17) is 9.47 Å². The van der Waals surface area contributed by atoms with E-state index in [0.29, 0.717) is 32.1 Å². The molecule has 0 saturated heterocycles. The second kappa shape index (κ2) is 15.0. The van der Waals surface area contributed by atoms with Gasteiger partial charge in [0.25, 0.3) is 0 Å². The topological polar surface area (TPSA) is 72.0 Å². The van der Waals surface area contributed by atoms with Gasteiger partial charge < -0.3 is 20.1 Å². The molecule has 0 aliphatic heterocycles. The first-order valence-electron chi connectivity index (χ1n) is 9.89. The third kappa shape index (κ3) is 11.8. The number of guanidine groups is 1. The third-order valence-electron chi connectivity index (χ3n) is 3.99. The van der Waals surface area contributed by atoms with Crippen molar-refractivity contribution in [3.8, 4) is 5.75 Å². The molecule has 0 radical (unpaired) electrons. The number of benzene rings is 1. The Morgan fingerprint density at radius 1 is 1.21 bits per heavy atom. The van der Waals surface area contributed by atoms with Gasteiger partial charge in [0.2, 0.25) is 0 Å². The largest absolute Gasteiger partial charge is 0.493 e. The molecule has 1 aromatic carbocycles. The lowest BCUT2D eigenvalue weighted by Crippen LogP contribution is -2.40. The number of nitrogens with zero attached hydrogens (tertiary/aromatic N) is 1. The molecule has 0 spiro atoms. The average Bonchev–Trinajstić information content (AvgIpc) is 2.63. The second-order valence-corrected chi connectivity index (χ2v) is 9.91. The summed E-state index contributed by atoms with van der Waals surface area (Å²) in [7, 11) is 0.808. The van der Waals surface area contributed by atoms with Gasteiger partial charge in [0, 0.05) is 60.1 Å². The molecule has 0 fully saturated rings. The van der Waals surface area contributed by atoms with Crippen LogP contribution in [0.5, 0.6) is 5.75 Å². The minimum absolute atomic E-state index is 0. The van der Waals surface area contributed by atoms with Crippen LogP contribution in [-0.4, -0.2) is 54.1 Å². The number of methoxy groups -OCH3 is 1. The van der Waals surface area contributed by atoms with E-state index in [0.717, 1.165) is 35.8 Å². The van der Waals surface area contributed by atoms with E-state index < -0.39 is 10.8 Å². The zero-order valence-electron chi connectivity index (χ0n) is 18.7. The van der Waals surface area contributed by atoms with E-state index in [9.17, 15) is 4.21 Å². The molecule has 1 unspecified atom stereocenters. The van der Waals surface area contributed by atoms with E-state index in [1.807, 2.05) is 33.8 Å². The lowest BCUT2D eigenvalue weighted by molar-refractivity contribution is 0.172. The molecule has 6 nitrogen and oxygen atoms in total. The van der Waals surface area contributed by atoms with Crippen molar-refractivity contribution in [3.63, 3.8) is 0 Å². The number of rotatable bonds is 11. The molecule has 0 aromatic heterocycles. The Morgan fingerprint density at radius 2 is 1.93 bits per heavy atom. The standard InChI is InChI=1S/C21H37N3O3S.HI/c1-7-22-20(23-11-14-28(25)21(3,4)5)24-16-18-10-9-17(2)15-19(18)27-13-8-12-26-6;/h9-10,15H,7-8,11-14,16H2,1-6H3,(H2,22,23,24);1H. The van der Waals surface area contributed by atoms with Crippen molar-refractivity contribution < 1.29 is 13.7 Å². The molecule has 0 saturated carbocycles. The van der Waals surface area contributed by atoms with Gasteiger partial charge in [0.1, 0.15) is 5.75 Å². The molecule has 0 amide bonds. The molecule has 0 aliphatic carbocycles. The van der Waals surface area contributed by atoms with Crippen LogP contribution < -0.4 is 15.4 Å². The summed E-state index contributed by atoms with van der Waals surface area (Å²) >= 11 is 0. The Balaban J connectivity index is 0.00000784. The molecule has 1 rings (SSSR count). The highest BCUT2D eigenvalue weighted by atomic mass is 127. The second-order valence-electron chi connectivity index (χ2n) is 7.59. The minimum Gasteiger partial charge on any atom is -0.493 e. The monoisotopic (exact) mass is 539 g/mol. The fraction of sp³-hybridized carbons (Fsp3) is 0.667. The molecule has 0 aliphatic rings. The van der Waals surface area contributed by atoms with E-state index >= 15 is 0 Å². The normalized spacial score (nSPS) is 12.8. The Labute approximate surface area is 196 Å². The third-order valence-corrected chi connectivity index (χ3v) is 5.93. The molecule has 8 heteroatoms. The Bertz CT molecular complexity index is 649. The highest BCUT2D eigenvalue weighted by molar-refractivity contribution is 14.0. The maximum atomic E-state index is 12.2. The SMILES string of the molecule is CCNC(=NCc1ccc(C)cc1OCCCOC)NCCS(=O)C(C)(C)C.I. The summed E-state index contributed by atoms with van der Waals surface area (Å²) in [6.45, 7) is 13.3. The van der Waals surface area contributed by atoms with Gasteiger partial charge >= 0.3 is 0 Å². The van der Waals surface area contributed by atoms with Crippen LogP contribution in [0.15, 0.2) is 23.2 Å². The number of ether oxygens (including phenoxy) is 2. The highest BCUT2D eigenvalue weighted by Crippen LogP contribution is 2.21. The molecule has 168 valence electrons. The number of hydrogen-bond acceptors (Lipinski definition) is 4. The molecule has 29 heavy (non-hydrogen) atoms. The number of aliphatic imine (C=N–C) groups is 1. The molecular formula is C21H38IN3O3S. The van der Waals surface area contributed by atoms with Crippen LogP contribution in [0.2, 0.25) is 0 Å². The zero-order chi connectivity index (χ0) is 21.0. The fourth-order valence-corrected chi connectivity index (χ4v) is 3.29. The smallest absolute Gasteiger partial charge is 0.191 e. The first-order valence-corrected chi connectivity index (χ1v) is 11.2. The number of halogens is 1. The van der Waals surface area contributed by atoms with Crippen molar-refractivity contribution in [1.82, 2.24) is 10.6 Å². The molecule has 1 aromatic rings. The summed E-state index contributed by atoms with van der Waals surface area (Å²) in [5.74, 6) is 2.18. The quantitative estimate of drug-likeness (QED) is 0.195. The first kappa shape index (κ1) is 28.1. The van der Waals surface area contributed by atoms with Gasteiger partial charge in [-0.25, -0.2) is 4.99 Å². The van der Waals surface area contributed by atoms with E-state index in [1.165, 1.54) is 0 Å². The molecular weight excluding hydrogens is 501 g/mol. The molecule has 0 heterocycles. The van der Waals surface area contributed by atoms with E-state index in [2.05, 4.69) is 34.7 Å². The first-order chi connectivity index (χ1) is 13.3. The van der Waals surface area contributed by atoms with Gasteiger partial charge in [-0.1, -0.05) is 12.1 Å². The lowest BCUT2D eigenvalue weighted by Gasteiger charge is -2.18. The van der Waals surface area contributed by atoms with Crippen LogP contribution in [-0.2, 0) is 22.1 Å². The zero-order valence-corrected chi connectivity index (χ0v) is 21.8. The average molecular weight is 540 g/mol. The predicted molar refractivity (Wildman–Crippen MR) is 134 cm³/mol. The van der Waals surface area contributed by atoms with Crippen molar-refractivity contribution in [3.05, 3.63) is 29.3 Å². The van der Waals surface area contributed by atoms with E-state index in [-0.39, 0.29) is 28.7 Å². The Kier molecular flexibility index (Phi) is 14.6. The van der Waals surface area contributed by atoms with Crippen molar-refractivity contribution in [2.24, 2.45) is 4.99 Å². The maximum absolute atomic E-state index is 12.2. The van der Waals surface area contributed by atoms with Crippen LogP contribution in [0.25, 0.3) is 0 Å². The number of hydrogen-bond donors (Lipinski definition) is 2. The summed E-state index contributed by atoms with van der Waals surface area (Å²) in [5.41, 5.74) is 2.20. The Morgan fingerprint density at radius 3 is 2.55 bits per heavy atom. The molecule has 1 atom stereocenters. The summed E-state index contributed by atoms with van der Waals surface area (Å²) in [4.78, 5) is 4.67. The van der Waals surface area contributed by atoms with Gasteiger partial charge in [-0.3, -0.25) is 4.21 Å². The van der Waals surface area contributed by atoms with Gasteiger partial charge in [-0.15, -0.1) is 24.0 Å². The summed E-state index contributed by atoms with van der Waals surface area (Å²) < 4.78 is 23.0. The van der Waals surface area contributed by atoms with Crippen LogP contribution in [0.3, 0.4) is 0 Å². The van der Waals surface area contributed by atoms with Crippen LogP contribution in [0.4, 0.5) is 0 Å². The van der Waals surface area contributed by atoms with Gasteiger partial charge in [-0.2, -0.15) is 0 Å². The summed E-state index contributed by atoms with van der Waals surface area (Å²) in [6, 6.07) is 6.17. The van der Waals surface area contributed by atoms with Crippen LogP contribution in [0, 0.1) is 6.92 Å². The maximum Gasteiger partial charge on any atom is 0.191 e. The Hall–Kier alpha value is -0.870.